The minimum Gasteiger partial charge on any atom is -0.487 e. The first-order valence-electron chi connectivity index (χ1n) is 11.2. The number of amides is 2. The fourth-order valence-corrected chi connectivity index (χ4v) is 4.65. The summed E-state index contributed by atoms with van der Waals surface area (Å²) in [4.78, 5) is 29.7. The molecule has 0 N–H and O–H groups in total. The summed E-state index contributed by atoms with van der Waals surface area (Å²) in [5.41, 5.74) is 0.373. The molecule has 2 aliphatic rings. The van der Waals surface area contributed by atoms with E-state index >= 15 is 0 Å². The van der Waals surface area contributed by atoms with E-state index in [1.165, 1.54) is 6.07 Å². The maximum Gasteiger partial charge on any atom is 0.257 e. The molecular formula is C25H28F2N2O3. The molecule has 2 atom stereocenters. The van der Waals surface area contributed by atoms with Crippen molar-refractivity contribution in [3.05, 3.63) is 65.2 Å². The first kappa shape index (κ1) is 22.2. The monoisotopic (exact) mass is 442 g/mol. The molecule has 0 bridgehead atoms. The molecule has 0 radical (unpaired) electrons. The molecule has 4 rings (SSSR count). The van der Waals surface area contributed by atoms with E-state index < -0.39 is 17.5 Å². The third-order valence-corrected chi connectivity index (χ3v) is 6.38. The highest BCUT2D eigenvalue weighted by Gasteiger charge is 2.36. The van der Waals surface area contributed by atoms with Crippen molar-refractivity contribution in [2.75, 3.05) is 20.1 Å². The molecule has 0 aromatic heterocycles. The number of hydrogen-bond donors (Lipinski definition) is 0. The molecule has 7 heteroatoms. The van der Waals surface area contributed by atoms with Crippen LogP contribution in [-0.4, -0.2) is 53.9 Å². The van der Waals surface area contributed by atoms with E-state index in [0.29, 0.717) is 37.2 Å². The van der Waals surface area contributed by atoms with E-state index in [2.05, 4.69) is 0 Å². The van der Waals surface area contributed by atoms with Gasteiger partial charge in [-0.25, -0.2) is 8.78 Å². The average molecular weight is 443 g/mol. The lowest BCUT2D eigenvalue weighted by atomic mass is 9.90. The molecule has 1 heterocycles. The third kappa shape index (κ3) is 4.61. The molecule has 0 unspecified atom stereocenters. The van der Waals surface area contributed by atoms with Crippen molar-refractivity contribution in [1.82, 2.24) is 9.80 Å². The zero-order chi connectivity index (χ0) is 22.7. The number of para-hydroxylation sites is 1. The summed E-state index contributed by atoms with van der Waals surface area (Å²) in [5, 5.41) is 0. The van der Waals surface area contributed by atoms with E-state index in [0.717, 1.165) is 37.8 Å². The standard InChI is InChI=1S/C25H28F2N2O3/c1-28-14-6-7-15-29(25(31)18-13-12-17(26)16-20(18)27)21-9-3-5-11-23(21)32-22-10-4-2-8-19(22)24(28)30/h2,4,8,10,12-13,16,21,23H,3,5-7,9,11,14-15H2,1H3/t21-,23+/m1/s1. The van der Waals surface area contributed by atoms with Crippen LogP contribution in [0.3, 0.4) is 0 Å². The van der Waals surface area contributed by atoms with Gasteiger partial charge in [-0.1, -0.05) is 18.6 Å². The Labute approximate surface area is 187 Å². The second kappa shape index (κ2) is 9.67. The van der Waals surface area contributed by atoms with Crippen molar-refractivity contribution >= 4 is 11.8 Å². The van der Waals surface area contributed by atoms with Crippen LogP contribution in [0.2, 0.25) is 0 Å². The fourth-order valence-electron chi connectivity index (χ4n) is 4.65. The Hall–Kier alpha value is -2.96. The van der Waals surface area contributed by atoms with Crippen molar-refractivity contribution in [3.8, 4) is 5.75 Å². The number of hydrogen-bond acceptors (Lipinski definition) is 3. The highest BCUT2D eigenvalue weighted by Crippen LogP contribution is 2.31. The zero-order valence-corrected chi connectivity index (χ0v) is 18.2. The van der Waals surface area contributed by atoms with Gasteiger partial charge in [-0.05, 0) is 56.4 Å². The predicted octanol–water partition coefficient (Wildman–Crippen LogP) is 4.66. The van der Waals surface area contributed by atoms with Crippen LogP contribution in [0.1, 0.15) is 59.2 Å². The molecule has 1 fully saturated rings. The maximum absolute atomic E-state index is 14.5. The zero-order valence-electron chi connectivity index (χ0n) is 18.2. The van der Waals surface area contributed by atoms with Gasteiger partial charge in [0.05, 0.1) is 17.2 Å². The maximum atomic E-state index is 14.5. The summed E-state index contributed by atoms with van der Waals surface area (Å²) < 4.78 is 34.2. The average Bonchev–Trinajstić information content (AvgIpc) is 2.78. The Bertz CT molecular complexity index is 997. The molecule has 1 aliphatic carbocycles. The van der Waals surface area contributed by atoms with Gasteiger partial charge in [0.2, 0.25) is 0 Å². The van der Waals surface area contributed by atoms with Gasteiger partial charge in [0.15, 0.2) is 0 Å². The van der Waals surface area contributed by atoms with Gasteiger partial charge < -0.3 is 14.5 Å². The highest BCUT2D eigenvalue weighted by molar-refractivity contribution is 5.97. The van der Waals surface area contributed by atoms with Crippen LogP contribution in [0.15, 0.2) is 42.5 Å². The van der Waals surface area contributed by atoms with Gasteiger partial charge in [0.25, 0.3) is 11.8 Å². The number of ether oxygens (including phenoxy) is 1. The number of carbonyl (C=O) groups excluding carboxylic acids is 2. The lowest BCUT2D eigenvalue weighted by molar-refractivity contribution is 0.0258. The largest absolute Gasteiger partial charge is 0.487 e. The lowest BCUT2D eigenvalue weighted by Crippen LogP contribution is -2.51. The Kier molecular flexibility index (Phi) is 6.72. The molecule has 1 aliphatic heterocycles. The van der Waals surface area contributed by atoms with Crippen molar-refractivity contribution in [3.63, 3.8) is 0 Å². The summed E-state index contributed by atoms with van der Waals surface area (Å²) in [6, 6.07) is 10.00. The summed E-state index contributed by atoms with van der Waals surface area (Å²) >= 11 is 0. The van der Waals surface area contributed by atoms with Crippen molar-refractivity contribution in [1.29, 1.82) is 0 Å². The molecule has 0 spiro atoms. The van der Waals surface area contributed by atoms with Gasteiger partial charge in [-0.2, -0.15) is 0 Å². The Morgan fingerprint density at radius 1 is 1.00 bits per heavy atom. The second-order valence-corrected chi connectivity index (χ2v) is 8.56. The number of rotatable bonds is 1. The number of benzene rings is 2. The molecule has 1 saturated carbocycles. The Morgan fingerprint density at radius 2 is 1.75 bits per heavy atom. The summed E-state index contributed by atoms with van der Waals surface area (Å²) in [5.74, 6) is -1.60. The van der Waals surface area contributed by atoms with E-state index in [4.69, 9.17) is 4.74 Å². The highest BCUT2D eigenvalue weighted by atomic mass is 19.1. The molecule has 0 saturated heterocycles. The molecule has 2 amide bonds. The third-order valence-electron chi connectivity index (χ3n) is 6.38. The fraction of sp³-hybridized carbons (Fsp3) is 0.440. The minimum absolute atomic E-state index is 0.0881. The van der Waals surface area contributed by atoms with Crippen LogP contribution in [-0.2, 0) is 0 Å². The molecule has 2 aromatic rings. The van der Waals surface area contributed by atoms with Gasteiger partial charge in [0.1, 0.15) is 23.5 Å². The van der Waals surface area contributed by atoms with E-state index in [1.807, 2.05) is 12.1 Å². The predicted molar refractivity (Wildman–Crippen MR) is 117 cm³/mol. The number of nitrogens with zero attached hydrogens (tertiary/aromatic N) is 2. The van der Waals surface area contributed by atoms with E-state index in [9.17, 15) is 18.4 Å². The second-order valence-electron chi connectivity index (χ2n) is 8.56. The number of fused-ring (bicyclic) bond motifs is 2. The molecule has 32 heavy (non-hydrogen) atoms. The summed E-state index contributed by atoms with van der Waals surface area (Å²) in [7, 11) is 1.76. The van der Waals surface area contributed by atoms with Gasteiger partial charge in [0, 0.05) is 26.2 Å². The van der Waals surface area contributed by atoms with E-state index in [1.54, 1.807) is 29.0 Å². The number of halogens is 2. The van der Waals surface area contributed by atoms with Crippen molar-refractivity contribution < 1.29 is 23.1 Å². The Morgan fingerprint density at radius 3 is 2.56 bits per heavy atom. The summed E-state index contributed by atoms with van der Waals surface area (Å²) in [6.45, 7) is 0.956. The van der Waals surface area contributed by atoms with Crippen LogP contribution in [0.5, 0.6) is 5.75 Å². The van der Waals surface area contributed by atoms with Gasteiger partial charge in [-0.15, -0.1) is 0 Å². The Balaban J connectivity index is 1.70. The van der Waals surface area contributed by atoms with Crippen LogP contribution >= 0.6 is 0 Å². The minimum atomic E-state index is -0.856. The molecule has 170 valence electrons. The first-order chi connectivity index (χ1) is 15.5. The van der Waals surface area contributed by atoms with Gasteiger partial charge in [-0.3, -0.25) is 9.59 Å². The van der Waals surface area contributed by atoms with Gasteiger partial charge >= 0.3 is 0 Å². The van der Waals surface area contributed by atoms with Crippen LogP contribution < -0.4 is 4.74 Å². The normalized spacial score (nSPS) is 22.2. The van der Waals surface area contributed by atoms with Crippen molar-refractivity contribution in [2.45, 2.75) is 50.7 Å². The van der Waals surface area contributed by atoms with E-state index in [-0.39, 0.29) is 23.6 Å². The topological polar surface area (TPSA) is 49.9 Å². The quantitative estimate of drug-likeness (QED) is 0.645. The van der Waals surface area contributed by atoms with Crippen LogP contribution in [0.4, 0.5) is 8.78 Å². The first-order valence-corrected chi connectivity index (χ1v) is 11.2. The van der Waals surface area contributed by atoms with Crippen molar-refractivity contribution in [2.24, 2.45) is 0 Å². The smallest absolute Gasteiger partial charge is 0.257 e. The summed E-state index contributed by atoms with van der Waals surface area (Å²) in [6.07, 6.45) is 4.41. The molecule has 5 nitrogen and oxygen atoms in total. The van der Waals surface area contributed by atoms with Crippen LogP contribution in [0.25, 0.3) is 0 Å². The van der Waals surface area contributed by atoms with Crippen LogP contribution in [0, 0.1) is 11.6 Å². The molecule has 2 aromatic carbocycles. The SMILES string of the molecule is CN1CCCCN(C(=O)c2ccc(F)cc2F)[C@@H]2CCCC[C@@H]2Oc2ccccc2C1=O. The molecular weight excluding hydrogens is 414 g/mol. The number of carbonyl (C=O) groups is 2. The lowest BCUT2D eigenvalue weighted by Gasteiger charge is -2.40.